The number of hydrogen-bond acceptors (Lipinski definition) is 2. The molecular weight excluding hydrogens is 229 g/mol. The molecule has 0 aliphatic carbocycles. The van der Waals surface area contributed by atoms with Crippen molar-refractivity contribution in [3.8, 4) is 0 Å². The van der Waals surface area contributed by atoms with Gasteiger partial charge in [-0.1, -0.05) is 26.0 Å². The molecule has 0 bridgehead atoms. The number of ether oxygens (including phenoxy) is 1. The molecule has 3 heteroatoms. The minimum Gasteiger partial charge on any atom is -0.380 e. The number of hydrogen-bond donors (Lipinski definition) is 1. The maximum absolute atomic E-state index is 12.7. The van der Waals surface area contributed by atoms with Crippen LogP contribution in [0.3, 0.4) is 0 Å². The standard InChI is InChI=1S/C15H24FNO/c1-12(2)11-18-9-8-17-13(3)10-14-4-6-15(16)7-5-14/h4-7,12-13,17H,8-11H2,1-3H3. The van der Waals surface area contributed by atoms with Gasteiger partial charge in [0.15, 0.2) is 0 Å². The summed E-state index contributed by atoms with van der Waals surface area (Å²) in [6, 6.07) is 7.06. The Kier molecular flexibility index (Phi) is 6.91. The molecule has 0 fully saturated rings. The normalized spacial score (nSPS) is 12.9. The zero-order chi connectivity index (χ0) is 13.4. The lowest BCUT2D eigenvalue weighted by atomic mass is 10.1. The average molecular weight is 253 g/mol. The second-order valence-electron chi connectivity index (χ2n) is 5.15. The van der Waals surface area contributed by atoms with Gasteiger partial charge in [0.2, 0.25) is 0 Å². The Labute approximate surface area is 110 Å². The monoisotopic (exact) mass is 253 g/mol. The summed E-state index contributed by atoms with van der Waals surface area (Å²) in [4.78, 5) is 0. The number of rotatable bonds is 8. The van der Waals surface area contributed by atoms with Crippen molar-refractivity contribution < 1.29 is 9.13 Å². The molecule has 0 spiro atoms. The second kappa shape index (κ2) is 8.22. The minimum atomic E-state index is -0.179. The molecule has 1 aromatic carbocycles. The number of halogens is 1. The lowest BCUT2D eigenvalue weighted by Crippen LogP contribution is -2.31. The van der Waals surface area contributed by atoms with Crippen molar-refractivity contribution in [2.24, 2.45) is 5.92 Å². The molecular formula is C15H24FNO. The summed E-state index contributed by atoms with van der Waals surface area (Å²) >= 11 is 0. The van der Waals surface area contributed by atoms with Crippen LogP contribution >= 0.6 is 0 Å². The van der Waals surface area contributed by atoms with Gasteiger partial charge in [-0.05, 0) is 37.0 Å². The van der Waals surface area contributed by atoms with Crippen LogP contribution < -0.4 is 5.32 Å². The molecule has 0 aliphatic heterocycles. The molecule has 1 unspecified atom stereocenters. The summed E-state index contributed by atoms with van der Waals surface area (Å²) in [5.74, 6) is 0.406. The van der Waals surface area contributed by atoms with E-state index in [0.717, 1.165) is 31.7 Å². The highest BCUT2D eigenvalue weighted by atomic mass is 19.1. The fourth-order valence-corrected chi connectivity index (χ4v) is 1.74. The molecule has 0 saturated heterocycles. The summed E-state index contributed by atoms with van der Waals surface area (Å²) < 4.78 is 18.2. The van der Waals surface area contributed by atoms with Crippen LogP contribution in [-0.4, -0.2) is 25.8 Å². The topological polar surface area (TPSA) is 21.3 Å². The first kappa shape index (κ1) is 15.1. The van der Waals surface area contributed by atoms with Gasteiger partial charge in [0.1, 0.15) is 5.82 Å². The van der Waals surface area contributed by atoms with Crippen LogP contribution in [0.25, 0.3) is 0 Å². The van der Waals surface area contributed by atoms with E-state index in [0.29, 0.717) is 12.0 Å². The average Bonchev–Trinajstić information content (AvgIpc) is 2.31. The fourth-order valence-electron chi connectivity index (χ4n) is 1.74. The van der Waals surface area contributed by atoms with E-state index >= 15 is 0 Å². The molecule has 0 heterocycles. The van der Waals surface area contributed by atoms with Crippen molar-refractivity contribution >= 4 is 0 Å². The first-order chi connectivity index (χ1) is 8.58. The maximum atomic E-state index is 12.7. The Morgan fingerprint density at radius 3 is 2.44 bits per heavy atom. The predicted octanol–water partition coefficient (Wildman–Crippen LogP) is 3.02. The van der Waals surface area contributed by atoms with Gasteiger partial charge < -0.3 is 10.1 Å². The van der Waals surface area contributed by atoms with Crippen LogP contribution in [0.2, 0.25) is 0 Å². The van der Waals surface area contributed by atoms with Gasteiger partial charge in [0.05, 0.1) is 6.61 Å². The lowest BCUT2D eigenvalue weighted by Gasteiger charge is -2.14. The van der Waals surface area contributed by atoms with E-state index in [1.807, 2.05) is 12.1 Å². The van der Waals surface area contributed by atoms with E-state index in [1.54, 1.807) is 0 Å². The van der Waals surface area contributed by atoms with Crippen LogP contribution in [0.5, 0.6) is 0 Å². The summed E-state index contributed by atoms with van der Waals surface area (Å²) in [6.45, 7) is 8.83. The van der Waals surface area contributed by atoms with Gasteiger partial charge >= 0.3 is 0 Å². The molecule has 102 valence electrons. The van der Waals surface area contributed by atoms with Crippen molar-refractivity contribution in [1.82, 2.24) is 5.32 Å². The van der Waals surface area contributed by atoms with Crippen molar-refractivity contribution in [2.45, 2.75) is 33.2 Å². The van der Waals surface area contributed by atoms with Gasteiger partial charge in [0, 0.05) is 19.2 Å². The highest BCUT2D eigenvalue weighted by Gasteiger charge is 2.03. The van der Waals surface area contributed by atoms with E-state index < -0.39 is 0 Å². The molecule has 0 amide bonds. The van der Waals surface area contributed by atoms with Crippen LogP contribution in [-0.2, 0) is 11.2 Å². The van der Waals surface area contributed by atoms with Crippen molar-refractivity contribution in [1.29, 1.82) is 0 Å². The Balaban J connectivity index is 2.13. The van der Waals surface area contributed by atoms with Gasteiger partial charge in [-0.3, -0.25) is 0 Å². The summed E-state index contributed by atoms with van der Waals surface area (Å²) in [5, 5.41) is 3.40. The number of benzene rings is 1. The molecule has 0 radical (unpaired) electrons. The maximum Gasteiger partial charge on any atom is 0.123 e. The molecule has 1 N–H and O–H groups in total. The molecule has 2 nitrogen and oxygen atoms in total. The van der Waals surface area contributed by atoms with Crippen molar-refractivity contribution in [2.75, 3.05) is 19.8 Å². The van der Waals surface area contributed by atoms with Crippen LogP contribution in [0.4, 0.5) is 4.39 Å². The quantitative estimate of drug-likeness (QED) is 0.719. The minimum absolute atomic E-state index is 0.179. The van der Waals surface area contributed by atoms with E-state index in [2.05, 4.69) is 26.1 Å². The Morgan fingerprint density at radius 2 is 1.83 bits per heavy atom. The Hall–Kier alpha value is -0.930. The van der Waals surface area contributed by atoms with Gasteiger partial charge in [-0.2, -0.15) is 0 Å². The van der Waals surface area contributed by atoms with E-state index in [1.165, 1.54) is 12.1 Å². The summed E-state index contributed by atoms with van der Waals surface area (Å²) in [6.07, 6.45) is 0.907. The summed E-state index contributed by atoms with van der Waals surface area (Å²) in [5.41, 5.74) is 1.15. The number of nitrogens with one attached hydrogen (secondary N) is 1. The van der Waals surface area contributed by atoms with E-state index in [4.69, 9.17) is 4.74 Å². The fraction of sp³-hybridized carbons (Fsp3) is 0.600. The Morgan fingerprint density at radius 1 is 1.17 bits per heavy atom. The SMILES string of the molecule is CC(C)COCCNC(C)Cc1ccc(F)cc1. The lowest BCUT2D eigenvalue weighted by molar-refractivity contribution is 0.110. The predicted molar refractivity (Wildman–Crippen MR) is 73.2 cm³/mol. The van der Waals surface area contributed by atoms with Crippen LogP contribution in [0.1, 0.15) is 26.3 Å². The third-order valence-corrected chi connectivity index (χ3v) is 2.65. The zero-order valence-electron chi connectivity index (χ0n) is 11.6. The van der Waals surface area contributed by atoms with Crippen LogP contribution in [0.15, 0.2) is 24.3 Å². The molecule has 1 aromatic rings. The van der Waals surface area contributed by atoms with Crippen LogP contribution in [0, 0.1) is 11.7 Å². The third-order valence-electron chi connectivity index (χ3n) is 2.65. The van der Waals surface area contributed by atoms with Gasteiger partial charge in [-0.25, -0.2) is 4.39 Å². The molecule has 0 saturated carbocycles. The third kappa shape index (κ3) is 6.72. The van der Waals surface area contributed by atoms with Gasteiger partial charge in [0.25, 0.3) is 0 Å². The zero-order valence-corrected chi connectivity index (χ0v) is 11.6. The first-order valence-corrected chi connectivity index (χ1v) is 6.63. The van der Waals surface area contributed by atoms with E-state index in [-0.39, 0.29) is 5.82 Å². The van der Waals surface area contributed by atoms with Crippen molar-refractivity contribution in [3.05, 3.63) is 35.6 Å². The largest absolute Gasteiger partial charge is 0.380 e. The highest BCUT2D eigenvalue weighted by molar-refractivity contribution is 5.16. The molecule has 1 atom stereocenters. The molecule has 0 aromatic heterocycles. The molecule has 0 aliphatic rings. The van der Waals surface area contributed by atoms with Gasteiger partial charge in [-0.15, -0.1) is 0 Å². The smallest absolute Gasteiger partial charge is 0.123 e. The summed E-state index contributed by atoms with van der Waals surface area (Å²) in [7, 11) is 0. The Bertz CT molecular complexity index is 324. The molecule has 18 heavy (non-hydrogen) atoms. The first-order valence-electron chi connectivity index (χ1n) is 6.63. The second-order valence-corrected chi connectivity index (χ2v) is 5.15. The highest BCUT2D eigenvalue weighted by Crippen LogP contribution is 2.05. The van der Waals surface area contributed by atoms with Crippen molar-refractivity contribution in [3.63, 3.8) is 0 Å². The van der Waals surface area contributed by atoms with E-state index in [9.17, 15) is 4.39 Å². The molecule has 1 rings (SSSR count).